The van der Waals surface area contributed by atoms with Crippen molar-refractivity contribution in [2.45, 2.75) is 58.9 Å². The quantitative estimate of drug-likeness (QED) is 0.463. The first kappa shape index (κ1) is 24.5. The molecular weight excluding hydrogens is 416 g/mol. The summed E-state index contributed by atoms with van der Waals surface area (Å²) in [5, 5.41) is 3.38. The summed E-state index contributed by atoms with van der Waals surface area (Å²) in [5.74, 6) is -0.214. The molecule has 7 nitrogen and oxygen atoms in total. The van der Waals surface area contributed by atoms with E-state index in [4.69, 9.17) is 5.73 Å². The molecule has 7 heteroatoms. The molecule has 0 aliphatic heterocycles. The number of benzene rings is 2. The van der Waals surface area contributed by atoms with Gasteiger partial charge in [-0.15, -0.1) is 0 Å². The van der Waals surface area contributed by atoms with E-state index in [9.17, 15) is 14.4 Å². The van der Waals surface area contributed by atoms with Crippen molar-refractivity contribution in [1.82, 2.24) is 14.5 Å². The molecule has 1 aromatic heterocycles. The average Bonchev–Trinajstić information content (AvgIpc) is 2.81. The van der Waals surface area contributed by atoms with Gasteiger partial charge >= 0.3 is 5.69 Å². The number of aromatic nitrogens is 2. The zero-order valence-corrected chi connectivity index (χ0v) is 19.8. The molecule has 0 saturated heterocycles. The van der Waals surface area contributed by atoms with Crippen LogP contribution < -0.4 is 22.3 Å². The Labute approximate surface area is 194 Å². The Kier molecular flexibility index (Phi) is 8.22. The highest BCUT2D eigenvalue weighted by Crippen LogP contribution is 2.18. The minimum absolute atomic E-state index is 0.214. The number of hydrogen-bond donors (Lipinski definition) is 2. The minimum Gasteiger partial charge on any atom is -0.354 e. The average molecular weight is 451 g/mol. The summed E-state index contributed by atoms with van der Waals surface area (Å²) in [7, 11) is 0. The van der Waals surface area contributed by atoms with Gasteiger partial charge in [0.2, 0.25) is 5.91 Å². The second-order valence-corrected chi connectivity index (χ2v) is 8.50. The van der Waals surface area contributed by atoms with Gasteiger partial charge in [0.1, 0.15) is 6.04 Å². The zero-order chi connectivity index (χ0) is 24.0. The van der Waals surface area contributed by atoms with Crippen LogP contribution in [0.3, 0.4) is 0 Å². The van der Waals surface area contributed by atoms with Crippen molar-refractivity contribution in [3.8, 4) is 5.69 Å². The summed E-state index contributed by atoms with van der Waals surface area (Å²) in [6, 6.07) is 11.8. The van der Waals surface area contributed by atoms with Gasteiger partial charge in [0.15, 0.2) is 0 Å². The molecule has 2 aromatic carbocycles. The zero-order valence-electron chi connectivity index (χ0n) is 19.8. The van der Waals surface area contributed by atoms with Crippen LogP contribution in [0.15, 0.2) is 52.1 Å². The maximum Gasteiger partial charge on any atom is 0.336 e. The fraction of sp³-hybridized carbons (Fsp3) is 0.423. The van der Waals surface area contributed by atoms with Crippen molar-refractivity contribution in [2.24, 2.45) is 5.73 Å². The number of carbonyl (C=O) groups is 1. The monoisotopic (exact) mass is 450 g/mol. The second-order valence-electron chi connectivity index (χ2n) is 8.50. The molecule has 0 radical (unpaired) electrons. The topological polar surface area (TPSA) is 99.1 Å². The number of rotatable bonds is 10. The number of aryl methyl sites for hydroxylation is 2. The first-order valence-electron chi connectivity index (χ1n) is 11.7. The molecule has 3 N–H and O–H groups in total. The number of carbonyl (C=O) groups excluding carboxylic acids is 1. The van der Waals surface area contributed by atoms with Crippen LogP contribution in [0.2, 0.25) is 0 Å². The summed E-state index contributed by atoms with van der Waals surface area (Å²) in [6.45, 7) is 7.02. The van der Waals surface area contributed by atoms with E-state index in [-0.39, 0.29) is 11.5 Å². The van der Waals surface area contributed by atoms with Crippen molar-refractivity contribution >= 4 is 16.8 Å². The summed E-state index contributed by atoms with van der Waals surface area (Å²) in [6.07, 6.45) is 4.30. The number of nitrogens with two attached hydrogens (primary N) is 1. The second kappa shape index (κ2) is 11.1. The Morgan fingerprint density at radius 3 is 2.42 bits per heavy atom. The van der Waals surface area contributed by atoms with Gasteiger partial charge in [-0.05, 0) is 75.0 Å². The Bertz CT molecular complexity index is 1240. The fourth-order valence-corrected chi connectivity index (χ4v) is 4.11. The van der Waals surface area contributed by atoms with E-state index >= 15 is 0 Å². The fourth-order valence-electron chi connectivity index (χ4n) is 4.11. The molecule has 1 atom stereocenters. The first-order chi connectivity index (χ1) is 15.9. The number of unbranched alkanes of at least 4 members (excludes halogenated alkanes) is 3. The van der Waals surface area contributed by atoms with Crippen molar-refractivity contribution < 1.29 is 4.79 Å². The lowest BCUT2D eigenvalue weighted by Gasteiger charge is -2.22. The van der Waals surface area contributed by atoms with Gasteiger partial charge in [0.25, 0.3) is 5.56 Å². The van der Waals surface area contributed by atoms with E-state index in [2.05, 4.69) is 5.32 Å². The lowest BCUT2D eigenvalue weighted by molar-refractivity contribution is -0.124. The van der Waals surface area contributed by atoms with Gasteiger partial charge in [0.05, 0.1) is 16.6 Å². The molecule has 3 rings (SSSR count). The summed E-state index contributed by atoms with van der Waals surface area (Å²) < 4.78 is 2.65. The van der Waals surface area contributed by atoms with Crippen molar-refractivity contribution in [1.29, 1.82) is 0 Å². The lowest BCUT2D eigenvalue weighted by Crippen LogP contribution is -2.44. The number of amides is 1. The summed E-state index contributed by atoms with van der Waals surface area (Å²) >= 11 is 0. The predicted molar refractivity (Wildman–Crippen MR) is 133 cm³/mol. The Morgan fingerprint density at radius 2 is 1.73 bits per heavy atom. The standard InChI is InChI=1S/C26H34N4O3/c1-4-22(24(31)28-16-10-6-5-9-15-27)30-23-12-8-7-11-21(23)25(32)29(26(30)33)20-14-13-18(2)19(3)17-20/h7-8,11-14,17,22H,4-6,9-10,15-16,27H2,1-3H3,(H,28,31). The number of fused-ring (bicyclic) bond motifs is 1. The molecular formula is C26H34N4O3. The highest BCUT2D eigenvalue weighted by molar-refractivity contribution is 5.84. The molecule has 1 heterocycles. The van der Waals surface area contributed by atoms with Gasteiger partial charge in [0, 0.05) is 6.54 Å². The van der Waals surface area contributed by atoms with Crippen LogP contribution in [0, 0.1) is 13.8 Å². The minimum atomic E-state index is -0.718. The van der Waals surface area contributed by atoms with E-state index in [0.717, 1.165) is 36.8 Å². The molecule has 1 amide bonds. The largest absolute Gasteiger partial charge is 0.354 e. The van der Waals surface area contributed by atoms with Gasteiger partial charge in [-0.3, -0.25) is 14.2 Å². The van der Waals surface area contributed by atoms with E-state index in [1.54, 1.807) is 30.3 Å². The highest BCUT2D eigenvalue weighted by atomic mass is 16.2. The van der Waals surface area contributed by atoms with Gasteiger partial charge in [-0.1, -0.05) is 38.0 Å². The molecule has 0 saturated carbocycles. The van der Waals surface area contributed by atoms with Crippen LogP contribution in [-0.4, -0.2) is 28.1 Å². The van der Waals surface area contributed by atoms with E-state index in [1.165, 1.54) is 9.13 Å². The van der Waals surface area contributed by atoms with Crippen molar-refractivity contribution in [3.05, 3.63) is 74.4 Å². The van der Waals surface area contributed by atoms with Crippen molar-refractivity contribution in [3.63, 3.8) is 0 Å². The van der Waals surface area contributed by atoms with Crippen LogP contribution in [0.4, 0.5) is 0 Å². The molecule has 0 aliphatic carbocycles. The molecule has 0 aliphatic rings. The molecule has 0 bridgehead atoms. The van der Waals surface area contributed by atoms with Crippen LogP contribution in [0.25, 0.3) is 16.6 Å². The van der Waals surface area contributed by atoms with E-state index in [0.29, 0.717) is 36.1 Å². The summed E-state index contributed by atoms with van der Waals surface area (Å²) in [4.78, 5) is 40.1. The SMILES string of the molecule is CCC(C(=O)NCCCCCCN)n1c(=O)n(-c2ccc(C)c(C)c2)c(=O)c2ccccc21. The van der Waals surface area contributed by atoms with Crippen LogP contribution in [-0.2, 0) is 4.79 Å². The number of nitrogens with zero attached hydrogens (tertiary/aromatic N) is 2. The van der Waals surface area contributed by atoms with E-state index < -0.39 is 11.7 Å². The number of hydrogen-bond acceptors (Lipinski definition) is 4. The third kappa shape index (κ3) is 5.25. The van der Waals surface area contributed by atoms with E-state index in [1.807, 2.05) is 32.9 Å². The maximum absolute atomic E-state index is 13.7. The maximum atomic E-state index is 13.7. The smallest absolute Gasteiger partial charge is 0.336 e. The van der Waals surface area contributed by atoms with Gasteiger partial charge < -0.3 is 11.1 Å². The predicted octanol–water partition coefficient (Wildman–Crippen LogP) is 3.36. The number of nitrogens with one attached hydrogen (secondary N) is 1. The molecule has 0 fully saturated rings. The molecule has 3 aromatic rings. The molecule has 176 valence electrons. The third-order valence-electron chi connectivity index (χ3n) is 6.17. The Hall–Kier alpha value is -3.19. The highest BCUT2D eigenvalue weighted by Gasteiger charge is 2.24. The van der Waals surface area contributed by atoms with Crippen LogP contribution in [0.5, 0.6) is 0 Å². The summed E-state index contributed by atoms with van der Waals surface area (Å²) in [5.41, 5.74) is 7.67. The van der Waals surface area contributed by atoms with Crippen LogP contribution >= 0.6 is 0 Å². The number of para-hydroxylation sites is 1. The lowest BCUT2D eigenvalue weighted by atomic mass is 10.1. The molecule has 0 spiro atoms. The van der Waals surface area contributed by atoms with Crippen LogP contribution in [0.1, 0.15) is 56.2 Å². The normalized spacial score (nSPS) is 12.1. The first-order valence-corrected chi connectivity index (χ1v) is 11.7. The molecule has 33 heavy (non-hydrogen) atoms. The Balaban J connectivity index is 2.05. The molecule has 1 unspecified atom stereocenters. The van der Waals surface area contributed by atoms with Crippen molar-refractivity contribution in [2.75, 3.05) is 13.1 Å². The van der Waals surface area contributed by atoms with Gasteiger partial charge in [-0.2, -0.15) is 0 Å². The Morgan fingerprint density at radius 1 is 1.00 bits per heavy atom. The third-order valence-corrected chi connectivity index (χ3v) is 6.17. The van der Waals surface area contributed by atoms with Gasteiger partial charge in [-0.25, -0.2) is 9.36 Å².